The van der Waals surface area contributed by atoms with Crippen LogP contribution in [0, 0.1) is 5.92 Å². The number of rotatable bonds is 4. The highest BCUT2D eigenvalue weighted by molar-refractivity contribution is 5.93. The Morgan fingerprint density at radius 3 is 2.91 bits per heavy atom. The molecule has 1 aliphatic rings. The number of aromatic nitrogens is 2. The summed E-state index contributed by atoms with van der Waals surface area (Å²) in [5, 5.41) is 4.31. The Kier molecular flexibility index (Phi) is 4.53. The molecule has 1 saturated heterocycles. The summed E-state index contributed by atoms with van der Waals surface area (Å²) >= 11 is 0. The number of piperidine rings is 1. The molecule has 116 valence electrons. The van der Waals surface area contributed by atoms with Crippen LogP contribution in [0.1, 0.15) is 29.6 Å². The van der Waals surface area contributed by atoms with Gasteiger partial charge in [0.15, 0.2) is 0 Å². The van der Waals surface area contributed by atoms with Gasteiger partial charge in [0.25, 0.3) is 5.91 Å². The summed E-state index contributed by atoms with van der Waals surface area (Å²) in [6.45, 7) is 2.33. The van der Waals surface area contributed by atoms with Gasteiger partial charge in [-0.05, 0) is 43.9 Å². The van der Waals surface area contributed by atoms with Crippen LogP contribution in [-0.2, 0) is 0 Å². The molecule has 1 aliphatic heterocycles. The fourth-order valence-corrected chi connectivity index (χ4v) is 3.06. The molecule has 1 aromatic heterocycles. The quantitative estimate of drug-likeness (QED) is 0.940. The van der Waals surface area contributed by atoms with Crippen LogP contribution in [0.5, 0.6) is 0 Å². The van der Waals surface area contributed by atoms with Crippen molar-refractivity contribution in [1.29, 1.82) is 0 Å². The van der Waals surface area contributed by atoms with Gasteiger partial charge in [-0.15, -0.1) is 0 Å². The average Bonchev–Trinajstić information content (AvgIpc) is 3.05. The third kappa shape index (κ3) is 3.20. The van der Waals surface area contributed by atoms with Gasteiger partial charge >= 0.3 is 0 Å². The van der Waals surface area contributed by atoms with Gasteiger partial charge in [-0.2, -0.15) is 5.10 Å². The monoisotopic (exact) mass is 298 g/mol. The zero-order chi connectivity index (χ0) is 15.4. The van der Waals surface area contributed by atoms with E-state index in [4.69, 9.17) is 5.73 Å². The van der Waals surface area contributed by atoms with Crippen LogP contribution in [0.3, 0.4) is 0 Å². The van der Waals surface area contributed by atoms with Crippen LogP contribution in [-0.4, -0.2) is 40.2 Å². The number of nitrogens with zero attached hydrogens (tertiary/aromatic N) is 3. The second kappa shape index (κ2) is 6.75. The summed E-state index contributed by atoms with van der Waals surface area (Å²) in [6, 6.07) is 9.82. The van der Waals surface area contributed by atoms with Crippen LogP contribution >= 0.6 is 0 Å². The second-order valence-corrected chi connectivity index (χ2v) is 5.85. The topological polar surface area (TPSA) is 64.2 Å². The molecule has 0 radical (unpaired) electrons. The zero-order valence-corrected chi connectivity index (χ0v) is 12.7. The number of likely N-dealkylation sites (tertiary alicyclic amines) is 1. The van der Waals surface area contributed by atoms with Gasteiger partial charge in [0.1, 0.15) is 0 Å². The number of hydrogen-bond donors (Lipinski definition) is 1. The third-order valence-corrected chi connectivity index (χ3v) is 4.23. The van der Waals surface area contributed by atoms with Crippen molar-refractivity contribution in [3.8, 4) is 5.69 Å². The minimum Gasteiger partial charge on any atom is -0.338 e. The lowest BCUT2D eigenvalue weighted by Crippen LogP contribution is -2.40. The van der Waals surface area contributed by atoms with Gasteiger partial charge in [-0.1, -0.05) is 18.2 Å². The number of amides is 1. The van der Waals surface area contributed by atoms with Gasteiger partial charge in [0.2, 0.25) is 0 Å². The molecule has 0 spiro atoms. The smallest absolute Gasteiger partial charge is 0.257 e. The van der Waals surface area contributed by atoms with Crippen LogP contribution in [0.2, 0.25) is 0 Å². The minimum absolute atomic E-state index is 0.0731. The number of hydrogen-bond acceptors (Lipinski definition) is 3. The van der Waals surface area contributed by atoms with E-state index in [0.717, 1.165) is 31.6 Å². The molecular formula is C17H22N4O. The molecular weight excluding hydrogens is 276 g/mol. The van der Waals surface area contributed by atoms with E-state index in [2.05, 4.69) is 5.10 Å². The first-order valence-corrected chi connectivity index (χ1v) is 7.87. The van der Waals surface area contributed by atoms with Crippen molar-refractivity contribution >= 4 is 5.91 Å². The molecule has 3 rings (SSSR count). The molecule has 5 nitrogen and oxygen atoms in total. The Bertz CT molecular complexity index is 621. The molecule has 1 amide bonds. The summed E-state index contributed by atoms with van der Waals surface area (Å²) in [4.78, 5) is 14.6. The van der Waals surface area contributed by atoms with Crippen molar-refractivity contribution < 1.29 is 4.79 Å². The Balaban J connectivity index is 1.71. The van der Waals surface area contributed by atoms with Crippen molar-refractivity contribution in [2.75, 3.05) is 19.6 Å². The Morgan fingerprint density at radius 2 is 2.14 bits per heavy atom. The summed E-state index contributed by atoms with van der Waals surface area (Å²) in [5.41, 5.74) is 7.25. The van der Waals surface area contributed by atoms with Crippen molar-refractivity contribution in [3.63, 3.8) is 0 Å². The molecule has 1 aromatic carbocycles. The number of carbonyl (C=O) groups excluding carboxylic acids is 1. The fourth-order valence-electron chi connectivity index (χ4n) is 3.06. The van der Waals surface area contributed by atoms with E-state index in [1.54, 1.807) is 10.9 Å². The molecule has 2 aromatic rings. The SMILES string of the molecule is NCCC1CCCN(C(=O)c2cnn(-c3ccccc3)c2)C1. The van der Waals surface area contributed by atoms with Crippen molar-refractivity contribution in [3.05, 3.63) is 48.3 Å². The standard InChI is InChI=1S/C17H22N4O/c18-9-8-14-5-4-10-20(12-14)17(22)15-11-19-21(13-15)16-6-2-1-3-7-16/h1-3,6-7,11,13-14H,4-5,8-10,12,18H2. The normalized spacial score (nSPS) is 18.4. The van der Waals surface area contributed by atoms with Gasteiger partial charge in [-0.25, -0.2) is 4.68 Å². The molecule has 1 fully saturated rings. The second-order valence-electron chi connectivity index (χ2n) is 5.85. The predicted molar refractivity (Wildman–Crippen MR) is 85.9 cm³/mol. The number of para-hydroxylation sites is 1. The minimum atomic E-state index is 0.0731. The molecule has 22 heavy (non-hydrogen) atoms. The van der Waals surface area contributed by atoms with Crippen molar-refractivity contribution in [2.45, 2.75) is 19.3 Å². The Labute approximate surface area is 130 Å². The van der Waals surface area contributed by atoms with Gasteiger partial charge in [0, 0.05) is 19.3 Å². The van der Waals surface area contributed by atoms with E-state index in [0.29, 0.717) is 18.0 Å². The molecule has 0 aliphatic carbocycles. The highest BCUT2D eigenvalue weighted by Crippen LogP contribution is 2.21. The lowest BCUT2D eigenvalue weighted by molar-refractivity contribution is 0.0669. The average molecular weight is 298 g/mol. The Morgan fingerprint density at radius 1 is 1.32 bits per heavy atom. The highest BCUT2D eigenvalue weighted by atomic mass is 16.2. The highest BCUT2D eigenvalue weighted by Gasteiger charge is 2.24. The van der Waals surface area contributed by atoms with Crippen LogP contribution in [0.15, 0.2) is 42.7 Å². The maximum atomic E-state index is 12.6. The summed E-state index contributed by atoms with van der Waals surface area (Å²) < 4.78 is 1.74. The van der Waals surface area contributed by atoms with E-state index >= 15 is 0 Å². The summed E-state index contributed by atoms with van der Waals surface area (Å²) in [7, 11) is 0. The van der Waals surface area contributed by atoms with E-state index in [1.165, 1.54) is 6.42 Å². The summed E-state index contributed by atoms with van der Waals surface area (Å²) in [6.07, 6.45) is 6.69. The fraction of sp³-hybridized carbons (Fsp3) is 0.412. The van der Waals surface area contributed by atoms with Gasteiger partial charge in [0.05, 0.1) is 17.4 Å². The molecule has 1 atom stereocenters. The van der Waals surface area contributed by atoms with E-state index in [1.807, 2.05) is 41.4 Å². The maximum Gasteiger partial charge on any atom is 0.257 e. The predicted octanol–water partition coefficient (Wildman–Crippen LogP) is 2.07. The molecule has 0 saturated carbocycles. The number of nitrogens with two attached hydrogens (primary N) is 1. The lowest BCUT2D eigenvalue weighted by Gasteiger charge is -2.32. The first kappa shape index (κ1) is 14.8. The van der Waals surface area contributed by atoms with Crippen molar-refractivity contribution in [2.24, 2.45) is 11.7 Å². The van der Waals surface area contributed by atoms with E-state index in [9.17, 15) is 4.79 Å². The first-order chi connectivity index (χ1) is 10.8. The molecule has 2 N–H and O–H groups in total. The van der Waals surface area contributed by atoms with Gasteiger partial charge in [-0.3, -0.25) is 4.79 Å². The maximum absolute atomic E-state index is 12.6. The van der Waals surface area contributed by atoms with Crippen molar-refractivity contribution in [1.82, 2.24) is 14.7 Å². The van der Waals surface area contributed by atoms with E-state index in [-0.39, 0.29) is 5.91 Å². The first-order valence-electron chi connectivity index (χ1n) is 7.87. The van der Waals surface area contributed by atoms with Crippen LogP contribution < -0.4 is 5.73 Å². The molecule has 0 bridgehead atoms. The lowest BCUT2D eigenvalue weighted by atomic mass is 9.94. The van der Waals surface area contributed by atoms with Crippen LogP contribution in [0.4, 0.5) is 0 Å². The van der Waals surface area contributed by atoms with E-state index < -0.39 is 0 Å². The Hall–Kier alpha value is -2.14. The van der Waals surface area contributed by atoms with Crippen LogP contribution in [0.25, 0.3) is 5.69 Å². The molecule has 5 heteroatoms. The molecule has 1 unspecified atom stereocenters. The molecule has 2 heterocycles. The largest absolute Gasteiger partial charge is 0.338 e. The zero-order valence-electron chi connectivity index (χ0n) is 12.7. The third-order valence-electron chi connectivity index (χ3n) is 4.23. The van der Waals surface area contributed by atoms with Gasteiger partial charge < -0.3 is 10.6 Å². The number of benzene rings is 1. The number of carbonyl (C=O) groups is 1. The summed E-state index contributed by atoms with van der Waals surface area (Å²) in [5.74, 6) is 0.607.